The quantitative estimate of drug-likeness (QED) is 0.682. The summed E-state index contributed by atoms with van der Waals surface area (Å²) in [5, 5.41) is 7.11. The van der Waals surface area contributed by atoms with Crippen LogP contribution in [0.25, 0.3) is 0 Å². The molecule has 0 aliphatic carbocycles. The summed E-state index contributed by atoms with van der Waals surface area (Å²) in [6, 6.07) is 13.4. The van der Waals surface area contributed by atoms with Gasteiger partial charge >= 0.3 is 6.18 Å². The Morgan fingerprint density at radius 3 is 2.50 bits per heavy atom. The minimum atomic E-state index is -4.44. The molecule has 1 heterocycles. The van der Waals surface area contributed by atoms with Crippen molar-refractivity contribution < 1.29 is 22.7 Å². The van der Waals surface area contributed by atoms with Crippen molar-refractivity contribution in [3.8, 4) is 5.75 Å². The molecule has 0 saturated carbocycles. The second kappa shape index (κ2) is 7.75. The lowest BCUT2D eigenvalue weighted by Gasteiger charge is -2.11. The first-order valence-electron chi connectivity index (χ1n) is 8.46. The van der Waals surface area contributed by atoms with Gasteiger partial charge in [0.1, 0.15) is 5.75 Å². The minimum Gasteiger partial charge on any atom is -0.471 e. The maximum Gasteiger partial charge on any atom is 0.416 e. The Hall–Kier alpha value is -3.29. The molecule has 0 saturated heterocycles. The van der Waals surface area contributed by atoms with Crippen LogP contribution < -0.4 is 10.1 Å². The highest BCUT2D eigenvalue weighted by molar-refractivity contribution is 6.04. The molecule has 28 heavy (non-hydrogen) atoms. The molecule has 8 heteroatoms. The average molecular weight is 389 g/mol. The van der Waals surface area contributed by atoms with Crippen LogP contribution in [-0.4, -0.2) is 15.7 Å². The summed E-state index contributed by atoms with van der Waals surface area (Å²) in [7, 11) is 0. The summed E-state index contributed by atoms with van der Waals surface area (Å²) in [4.78, 5) is 12.4. The van der Waals surface area contributed by atoms with Gasteiger partial charge in [0.05, 0.1) is 22.6 Å². The predicted octanol–water partition coefficient (Wildman–Crippen LogP) is 4.81. The highest BCUT2D eigenvalue weighted by Gasteiger charge is 2.30. The largest absolute Gasteiger partial charge is 0.471 e. The van der Waals surface area contributed by atoms with E-state index >= 15 is 0 Å². The van der Waals surface area contributed by atoms with Gasteiger partial charge in [0.25, 0.3) is 5.91 Å². The topological polar surface area (TPSA) is 56.1 Å². The predicted molar refractivity (Wildman–Crippen MR) is 98.2 cm³/mol. The number of alkyl halides is 3. The zero-order chi connectivity index (χ0) is 20.3. The number of anilines is 1. The fourth-order valence-corrected chi connectivity index (χ4v) is 2.68. The summed E-state index contributed by atoms with van der Waals surface area (Å²) in [6.07, 6.45) is -4.44. The molecule has 0 bridgehead atoms. The molecule has 0 radical (unpaired) electrons. The van der Waals surface area contributed by atoms with Gasteiger partial charge in [0.15, 0.2) is 6.73 Å². The van der Waals surface area contributed by atoms with Crippen molar-refractivity contribution in [2.24, 2.45) is 0 Å². The molecule has 3 aromatic rings. The van der Waals surface area contributed by atoms with E-state index in [4.69, 9.17) is 4.74 Å². The third-order valence-electron chi connectivity index (χ3n) is 4.17. The Morgan fingerprint density at radius 1 is 1.11 bits per heavy atom. The van der Waals surface area contributed by atoms with Gasteiger partial charge in [-0.25, -0.2) is 4.68 Å². The summed E-state index contributed by atoms with van der Waals surface area (Å²) in [6.45, 7) is 3.39. The number of rotatable bonds is 5. The van der Waals surface area contributed by atoms with E-state index in [9.17, 15) is 18.0 Å². The average Bonchev–Trinajstić information content (AvgIpc) is 2.94. The molecule has 1 amide bonds. The second-order valence-electron chi connectivity index (χ2n) is 6.16. The number of hydrogen-bond acceptors (Lipinski definition) is 3. The summed E-state index contributed by atoms with van der Waals surface area (Å²) in [5.74, 6) is -0.192. The zero-order valence-electron chi connectivity index (χ0n) is 15.2. The summed E-state index contributed by atoms with van der Waals surface area (Å²) < 4.78 is 45.3. The number of nitrogens with one attached hydrogen (secondary N) is 1. The van der Waals surface area contributed by atoms with Gasteiger partial charge in [-0.3, -0.25) is 4.79 Å². The van der Waals surface area contributed by atoms with E-state index in [-0.39, 0.29) is 18.4 Å². The Kier molecular flexibility index (Phi) is 5.39. The lowest BCUT2D eigenvalue weighted by atomic mass is 10.2. The van der Waals surface area contributed by atoms with E-state index in [1.165, 1.54) is 16.8 Å². The van der Waals surface area contributed by atoms with Gasteiger partial charge in [-0.1, -0.05) is 24.3 Å². The van der Waals surface area contributed by atoms with Crippen LogP contribution in [0.3, 0.4) is 0 Å². The highest BCUT2D eigenvalue weighted by atomic mass is 19.4. The van der Waals surface area contributed by atoms with Crippen LogP contribution >= 0.6 is 0 Å². The Bertz CT molecular complexity index is 982. The molecule has 0 aliphatic heterocycles. The third-order valence-corrected chi connectivity index (χ3v) is 4.17. The smallest absolute Gasteiger partial charge is 0.416 e. The number of carbonyl (C=O) groups excluding carboxylic acids is 1. The molecule has 0 aliphatic rings. The van der Waals surface area contributed by atoms with Gasteiger partial charge in [-0.2, -0.15) is 18.3 Å². The number of benzene rings is 2. The highest BCUT2D eigenvalue weighted by Crippen LogP contribution is 2.31. The lowest BCUT2D eigenvalue weighted by Crippen LogP contribution is -2.13. The Labute approximate surface area is 159 Å². The van der Waals surface area contributed by atoms with Crippen LogP contribution in [0.2, 0.25) is 0 Å². The van der Waals surface area contributed by atoms with Crippen LogP contribution in [-0.2, 0) is 12.9 Å². The molecule has 146 valence electrons. The van der Waals surface area contributed by atoms with Crippen LogP contribution in [0.1, 0.15) is 27.3 Å². The maximum absolute atomic E-state index is 12.8. The van der Waals surface area contributed by atoms with E-state index in [1.807, 2.05) is 6.07 Å². The van der Waals surface area contributed by atoms with Gasteiger partial charge in [-0.05, 0) is 44.2 Å². The van der Waals surface area contributed by atoms with Crippen molar-refractivity contribution >= 4 is 11.6 Å². The Morgan fingerprint density at radius 2 is 1.82 bits per heavy atom. The first-order chi connectivity index (χ1) is 13.3. The number of amides is 1. The minimum absolute atomic E-state index is 0.0808. The number of hydrogen-bond donors (Lipinski definition) is 1. The van der Waals surface area contributed by atoms with Gasteiger partial charge in [0.2, 0.25) is 0 Å². The molecule has 5 nitrogen and oxygen atoms in total. The van der Waals surface area contributed by atoms with Crippen LogP contribution in [0.15, 0.2) is 54.6 Å². The molecule has 2 aromatic carbocycles. The summed E-state index contributed by atoms with van der Waals surface area (Å²) in [5.41, 5.74) is 1.48. The number of nitrogens with zero attached hydrogens (tertiary/aromatic N) is 2. The number of halogens is 3. The molecule has 0 atom stereocenters. The number of aryl methyl sites for hydroxylation is 1. The number of aromatic nitrogens is 2. The first-order valence-corrected chi connectivity index (χ1v) is 8.46. The fraction of sp³-hybridized carbons (Fsp3) is 0.200. The lowest BCUT2D eigenvalue weighted by molar-refractivity contribution is -0.137. The van der Waals surface area contributed by atoms with Crippen LogP contribution in [0, 0.1) is 13.8 Å². The molecule has 1 aromatic heterocycles. The van der Waals surface area contributed by atoms with Gasteiger partial charge < -0.3 is 10.1 Å². The molecular weight excluding hydrogens is 371 g/mol. The second-order valence-corrected chi connectivity index (χ2v) is 6.16. The van der Waals surface area contributed by atoms with Crippen LogP contribution in [0.4, 0.5) is 18.9 Å². The van der Waals surface area contributed by atoms with Crippen molar-refractivity contribution in [3.63, 3.8) is 0 Å². The van der Waals surface area contributed by atoms with E-state index < -0.39 is 11.7 Å². The first kappa shape index (κ1) is 19.5. The van der Waals surface area contributed by atoms with E-state index in [2.05, 4.69) is 10.4 Å². The molecule has 1 N–H and O–H groups in total. The zero-order valence-corrected chi connectivity index (χ0v) is 15.2. The maximum atomic E-state index is 12.8. The molecular formula is C20H18F3N3O2. The van der Waals surface area contributed by atoms with Crippen molar-refractivity contribution in [3.05, 3.63) is 77.1 Å². The normalized spacial score (nSPS) is 11.3. The van der Waals surface area contributed by atoms with Crippen molar-refractivity contribution in [1.82, 2.24) is 9.78 Å². The number of ether oxygens (including phenoxy) is 1. The van der Waals surface area contributed by atoms with Gasteiger partial charge in [-0.15, -0.1) is 0 Å². The SMILES string of the molecule is Cc1nn(COc2cccc(C(F)(F)F)c2)c(C)c1NC(=O)c1ccccc1. The Balaban J connectivity index is 1.73. The van der Waals surface area contributed by atoms with E-state index in [1.54, 1.807) is 38.1 Å². The monoisotopic (exact) mass is 389 g/mol. The van der Waals surface area contributed by atoms with Crippen molar-refractivity contribution in [2.45, 2.75) is 26.8 Å². The molecule has 0 unspecified atom stereocenters. The molecule has 3 rings (SSSR count). The molecule has 0 fully saturated rings. The van der Waals surface area contributed by atoms with E-state index in [0.29, 0.717) is 22.6 Å². The van der Waals surface area contributed by atoms with Crippen molar-refractivity contribution in [1.29, 1.82) is 0 Å². The standard InChI is InChI=1S/C20H18F3N3O2/c1-13-18(24-19(27)15-7-4-3-5-8-15)14(2)26(25-13)12-28-17-10-6-9-16(11-17)20(21,22)23/h3-11H,12H2,1-2H3,(H,24,27). The number of carbonyl (C=O) groups is 1. The van der Waals surface area contributed by atoms with Crippen LogP contribution in [0.5, 0.6) is 5.75 Å². The van der Waals surface area contributed by atoms with Gasteiger partial charge in [0, 0.05) is 5.56 Å². The van der Waals surface area contributed by atoms with Crippen molar-refractivity contribution in [2.75, 3.05) is 5.32 Å². The fourth-order valence-electron chi connectivity index (χ4n) is 2.68. The van der Waals surface area contributed by atoms with E-state index in [0.717, 1.165) is 12.1 Å². The molecule has 0 spiro atoms. The summed E-state index contributed by atoms with van der Waals surface area (Å²) >= 11 is 0. The third kappa shape index (κ3) is 4.33.